The average Bonchev–Trinajstić information content (AvgIpc) is 3.30. The molecule has 0 bridgehead atoms. The standard InChI is InChI=1S/C21H22Cl2N4O5/c1-11-25-16(17-6-19(32-27-17)20-10-30-13(8-28)9-31-20)5-18(26-11)21(29)24-7-12-2-3-14(22)15(23)4-12/h2-5,13,19-20,28H,6-10H2,1H3,(H,24,29)/t13-,19-,20-/m1/s1. The van der Waals surface area contributed by atoms with E-state index in [1.807, 2.05) is 0 Å². The highest BCUT2D eigenvalue weighted by atomic mass is 35.5. The minimum Gasteiger partial charge on any atom is -0.394 e. The SMILES string of the molecule is Cc1nc(C(=O)NCc2ccc(Cl)c(Cl)c2)cc(C2=NO[C@@H]([C@H]3CO[C@H](CO)CO3)C2)n1. The van der Waals surface area contributed by atoms with Crippen LogP contribution < -0.4 is 5.32 Å². The van der Waals surface area contributed by atoms with Gasteiger partial charge in [-0.2, -0.15) is 0 Å². The Kier molecular flexibility index (Phi) is 7.22. The Bertz CT molecular complexity index is 1030. The van der Waals surface area contributed by atoms with Crippen LogP contribution in [-0.2, 0) is 20.9 Å². The molecule has 11 heteroatoms. The molecule has 0 spiro atoms. The zero-order valence-electron chi connectivity index (χ0n) is 17.3. The van der Waals surface area contributed by atoms with Crippen molar-refractivity contribution in [2.45, 2.75) is 38.2 Å². The summed E-state index contributed by atoms with van der Waals surface area (Å²) >= 11 is 12.0. The molecule has 1 aromatic carbocycles. The van der Waals surface area contributed by atoms with Crippen LogP contribution in [0.25, 0.3) is 0 Å². The number of hydrogen-bond acceptors (Lipinski definition) is 8. The van der Waals surface area contributed by atoms with Gasteiger partial charge in [-0.05, 0) is 30.7 Å². The minimum atomic E-state index is -0.349. The Balaban J connectivity index is 1.39. The highest BCUT2D eigenvalue weighted by Crippen LogP contribution is 2.24. The molecular formula is C21H22Cl2N4O5. The second kappa shape index (κ2) is 10.1. The fourth-order valence-electron chi connectivity index (χ4n) is 3.38. The second-order valence-electron chi connectivity index (χ2n) is 7.51. The number of aromatic nitrogens is 2. The van der Waals surface area contributed by atoms with Gasteiger partial charge in [0.15, 0.2) is 6.10 Å². The van der Waals surface area contributed by atoms with E-state index in [0.29, 0.717) is 46.9 Å². The molecular weight excluding hydrogens is 459 g/mol. The summed E-state index contributed by atoms with van der Waals surface area (Å²) in [5.74, 6) is 0.0920. The zero-order valence-corrected chi connectivity index (χ0v) is 18.8. The quantitative estimate of drug-likeness (QED) is 0.651. The van der Waals surface area contributed by atoms with Gasteiger partial charge in [-0.25, -0.2) is 9.97 Å². The molecule has 4 rings (SSSR count). The molecule has 0 saturated carbocycles. The van der Waals surface area contributed by atoms with Gasteiger partial charge in [-0.15, -0.1) is 0 Å². The number of carbonyl (C=O) groups is 1. The highest BCUT2D eigenvalue weighted by molar-refractivity contribution is 6.42. The van der Waals surface area contributed by atoms with E-state index in [1.54, 1.807) is 31.2 Å². The molecule has 3 atom stereocenters. The zero-order chi connectivity index (χ0) is 22.7. The number of halogens is 2. The van der Waals surface area contributed by atoms with Crippen LogP contribution in [0, 0.1) is 6.92 Å². The smallest absolute Gasteiger partial charge is 0.270 e. The molecule has 0 unspecified atom stereocenters. The fraction of sp³-hybridized carbons (Fsp3) is 0.429. The van der Waals surface area contributed by atoms with Gasteiger partial charge < -0.3 is 24.7 Å². The number of nitrogens with one attached hydrogen (secondary N) is 1. The first-order valence-corrected chi connectivity index (χ1v) is 10.8. The van der Waals surface area contributed by atoms with E-state index in [1.165, 1.54) is 0 Å². The molecule has 1 aromatic heterocycles. The highest BCUT2D eigenvalue weighted by Gasteiger charge is 2.35. The van der Waals surface area contributed by atoms with E-state index in [0.717, 1.165) is 5.56 Å². The van der Waals surface area contributed by atoms with Gasteiger partial charge >= 0.3 is 0 Å². The summed E-state index contributed by atoms with van der Waals surface area (Å²) in [6, 6.07) is 6.75. The monoisotopic (exact) mass is 480 g/mol. The van der Waals surface area contributed by atoms with Crippen LogP contribution in [0.15, 0.2) is 29.4 Å². The number of amides is 1. The molecule has 2 aliphatic rings. The van der Waals surface area contributed by atoms with E-state index in [9.17, 15) is 4.79 Å². The maximum absolute atomic E-state index is 12.7. The van der Waals surface area contributed by atoms with Gasteiger partial charge in [0.05, 0.1) is 35.6 Å². The molecule has 2 aromatic rings. The number of ether oxygens (including phenoxy) is 2. The number of rotatable bonds is 6. The van der Waals surface area contributed by atoms with Gasteiger partial charge in [0.2, 0.25) is 0 Å². The van der Waals surface area contributed by atoms with Gasteiger partial charge in [0, 0.05) is 13.0 Å². The Labute approximate surface area is 194 Å². The molecule has 2 N–H and O–H groups in total. The minimum absolute atomic E-state index is 0.0872. The number of hydrogen-bond donors (Lipinski definition) is 2. The third kappa shape index (κ3) is 5.36. The first-order chi connectivity index (χ1) is 15.4. The van der Waals surface area contributed by atoms with Crippen molar-refractivity contribution in [3.05, 3.63) is 57.1 Å². The Morgan fingerprint density at radius 3 is 2.72 bits per heavy atom. The number of oxime groups is 1. The van der Waals surface area contributed by atoms with Crippen LogP contribution in [-0.4, -0.2) is 64.8 Å². The first-order valence-electron chi connectivity index (χ1n) is 10.1. The molecule has 2 aliphatic heterocycles. The van der Waals surface area contributed by atoms with Crippen molar-refractivity contribution < 1.29 is 24.2 Å². The van der Waals surface area contributed by atoms with Gasteiger partial charge in [0.1, 0.15) is 29.4 Å². The summed E-state index contributed by atoms with van der Waals surface area (Å²) in [6.07, 6.45) is -0.483. The lowest BCUT2D eigenvalue weighted by Gasteiger charge is -2.30. The van der Waals surface area contributed by atoms with Gasteiger partial charge in [-0.3, -0.25) is 4.79 Å². The van der Waals surface area contributed by atoms with E-state index in [4.69, 9.17) is 42.6 Å². The lowest BCUT2D eigenvalue weighted by molar-refractivity contribution is -0.178. The average molecular weight is 481 g/mol. The predicted octanol–water partition coefficient (Wildman–Crippen LogP) is 2.29. The van der Waals surface area contributed by atoms with Crippen molar-refractivity contribution in [3.63, 3.8) is 0 Å². The fourth-order valence-corrected chi connectivity index (χ4v) is 3.70. The van der Waals surface area contributed by atoms with Crippen molar-refractivity contribution in [3.8, 4) is 0 Å². The summed E-state index contributed by atoms with van der Waals surface area (Å²) in [5.41, 5.74) is 2.16. The van der Waals surface area contributed by atoms with Crippen LogP contribution in [0.4, 0.5) is 0 Å². The summed E-state index contributed by atoms with van der Waals surface area (Å²) in [5, 5.41) is 17.0. The largest absolute Gasteiger partial charge is 0.394 e. The third-order valence-corrected chi connectivity index (χ3v) is 5.85. The third-order valence-electron chi connectivity index (χ3n) is 5.11. The summed E-state index contributed by atoms with van der Waals surface area (Å²) in [4.78, 5) is 26.8. The number of aryl methyl sites for hydroxylation is 1. The van der Waals surface area contributed by atoms with Crippen molar-refractivity contribution in [1.29, 1.82) is 0 Å². The maximum atomic E-state index is 12.7. The molecule has 170 valence electrons. The lowest BCUT2D eigenvalue weighted by atomic mass is 10.0. The summed E-state index contributed by atoms with van der Waals surface area (Å²) in [7, 11) is 0. The van der Waals surface area contributed by atoms with E-state index >= 15 is 0 Å². The first kappa shape index (κ1) is 22.9. The van der Waals surface area contributed by atoms with Crippen molar-refractivity contribution >= 4 is 34.8 Å². The second-order valence-corrected chi connectivity index (χ2v) is 8.33. The van der Waals surface area contributed by atoms with Gasteiger partial charge in [-0.1, -0.05) is 34.4 Å². The van der Waals surface area contributed by atoms with Crippen LogP contribution in [0.5, 0.6) is 0 Å². The Morgan fingerprint density at radius 2 is 2.00 bits per heavy atom. The molecule has 1 fully saturated rings. The van der Waals surface area contributed by atoms with Crippen molar-refractivity contribution in [2.24, 2.45) is 5.16 Å². The van der Waals surface area contributed by atoms with Crippen molar-refractivity contribution in [2.75, 3.05) is 19.8 Å². The predicted molar refractivity (Wildman–Crippen MR) is 117 cm³/mol. The molecule has 1 amide bonds. The van der Waals surface area contributed by atoms with E-state index < -0.39 is 0 Å². The van der Waals surface area contributed by atoms with E-state index in [-0.39, 0.29) is 43.1 Å². The normalized spacial score (nSPS) is 22.9. The Morgan fingerprint density at radius 1 is 1.16 bits per heavy atom. The van der Waals surface area contributed by atoms with Crippen molar-refractivity contribution in [1.82, 2.24) is 15.3 Å². The molecule has 9 nitrogen and oxygen atoms in total. The maximum Gasteiger partial charge on any atom is 0.270 e. The topological polar surface area (TPSA) is 115 Å². The molecule has 0 radical (unpaired) electrons. The lowest BCUT2D eigenvalue weighted by Crippen LogP contribution is -2.43. The number of benzene rings is 1. The molecule has 3 heterocycles. The van der Waals surface area contributed by atoms with Crippen LogP contribution >= 0.6 is 23.2 Å². The van der Waals surface area contributed by atoms with Gasteiger partial charge in [0.25, 0.3) is 5.91 Å². The molecule has 32 heavy (non-hydrogen) atoms. The number of carbonyl (C=O) groups excluding carboxylic acids is 1. The number of aliphatic hydroxyl groups excluding tert-OH is 1. The molecule has 1 saturated heterocycles. The summed E-state index contributed by atoms with van der Waals surface area (Å²) < 4.78 is 11.3. The van der Waals surface area contributed by atoms with Crippen LogP contribution in [0.1, 0.15) is 34.0 Å². The summed E-state index contributed by atoms with van der Waals surface area (Å²) in [6.45, 7) is 2.50. The molecule has 0 aliphatic carbocycles. The Hall–Kier alpha value is -2.30. The number of aliphatic hydroxyl groups is 1. The van der Waals surface area contributed by atoms with E-state index in [2.05, 4.69) is 20.4 Å². The van der Waals surface area contributed by atoms with Crippen LogP contribution in [0.3, 0.4) is 0 Å². The number of nitrogens with zero attached hydrogens (tertiary/aromatic N) is 3. The van der Waals surface area contributed by atoms with Crippen LogP contribution in [0.2, 0.25) is 10.0 Å².